The molecule has 2 heterocycles. The molecular formula is C11H9BrN2O2S2. The monoisotopic (exact) mass is 344 g/mol. The van der Waals surface area contributed by atoms with E-state index in [0.717, 1.165) is 19.4 Å². The number of pyridine rings is 1. The Kier molecular flexibility index (Phi) is 4.36. The zero-order valence-electron chi connectivity index (χ0n) is 9.38. The number of thiazole rings is 1. The molecular weight excluding hydrogens is 336 g/mol. The maximum absolute atomic E-state index is 10.6. The minimum atomic E-state index is -0.869. The Bertz CT molecular complexity index is 586. The Balaban J connectivity index is 2.13. The fraction of sp³-hybridized carbons (Fsp3) is 0.182. The van der Waals surface area contributed by atoms with Crippen LogP contribution < -0.4 is 0 Å². The number of rotatable bonds is 4. The summed E-state index contributed by atoms with van der Waals surface area (Å²) in [5.41, 5.74) is 1.66. The Morgan fingerprint density at radius 3 is 3.06 bits per heavy atom. The second-order valence-electron chi connectivity index (χ2n) is 3.58. The van der Waals surface area contributed by atoms with Gasteiger partial charge in [0, 0.05) is 11.6 Å². The van der Waals surface area contributed by atoms with Crippen molar-refractivity contribution >= 4 is 45.0 Å². The zero-order chi connectivity index (χ0) is 13.1. The van der Waals surface area contributed by atoms with E-state index in [1.54, 1.807) is 11.6 Å². The highest BCUT2D eigenvalue weighted by atomic mass is 79.9. The minimum Gasteiger partial charge on any atom is -0.481 e. The molecule has 7 heteroatoms. The molecule has 0 aromatic carbocycles. The number of carbonyl (C=O) groups is 1. The van der Waals surface area contributed by atoms with Gasteiger partial charge in [-0.3, -0.25) is 4.79 Å². The molecule has 0 aliphatic carbocycles. The summed E-state index contributed by atoms with van der Waals surface area (Å²) >= 11 is 6.31. The first kappa shape index (κ1) is 13.5. The molecule has 0 atom stereocenters. The van der Waals surface area contributed by atoms with E-state index in [0.29, 0.717) is 5.69 Å². The Hall–Kier alpha value is -0.920. The number of carboxylic acids is 1. The van der Waals surface area contributed by atoms with Gasteiger partial charge in [0.25, 0.3) is 0 Å². The predicted octanol–water partition coefficient (Wildman–Crippen LogP) is 3.39. The van der Waals surface area contributed by atoms with Crippen LogP contribution in [0.4, 0.5) is 0 Å². The highest BCUT2D eigenvalue weighted by Crippen LogP contribution is 2.33. The first-order valence-corrected chi connectivity index (χ1v) is 7.49. The summed E-state index contributed by atoms with van der Waals surface area (Å²) in [5, 5.41) is 11.3. The predicted molar refractivity (Wildman–Crippen MR) is 74.3 cm³/mol. The average molecular weight is 345 g/mol. The van der Waals surface area contributed by atoms with Gasteiger partial charge in [0.2, 0.25) is 0 Å². The Morgan fingerprint density at radius 1 is 1.61 bits per heavy atom. The van der Waals surface area contributed by atoms with Crippen LogP contribution >= 0.6 is 39.0 Å². The number of hydrogen-bond donors (Lipinski definition) is 1. The molecule has 0 amide bonds. The number of aliphatic carboxylic acids is 1. The lowest BCUT2D eigenvalue weighted by Crippen LogP contribution is -1.99. The molecule has 0 radical (unpaired) electrons. The third-order valence-electron chi connectivity index (χ3n) is 1.99. The molecule has 0 saturated carbocycles. The summed E-state index contributed by atoms with van der Waals surface area (Å²) in [6.45, 7) is 1.97. The van der Waals surface area contributed by atoms with Crippen molar-refractivity contribution < 1.29 is 9.90 Å². The molecule has 0 spiro atoms. The molecule has 18 heavy (non-hydrogen) atoms. The van der Waals surface area contributed by atoms with Crippen molar-refractivity contribution in [2.24, 2.45) is 0 Å². The first-order chi connectivity index (χ1) is 8.54. The molecule has 0 saturated heterocycles. The number of aryl methyl sites for hydroxylation is 1. The van der Waals surface area contributed by atoms with Gasteiger partial charge >= 0.3 is 5.97 Å². The topological polar surface area (TPSA) is 63.1 Å². The van der Waals surface area contributed by atoms with Gasteiger partial charge in [0.15, 0.2) is 4.34 Å². The molecule has 0 fully saturated rings. The van der Waals surface area contributed by atoms with Gasteiger partial charge in [-0.2, -0.15) is 0 Å². The fourth-order valence-electron chi connectivity index (χ4n) is 1.25. The van der Waals surface area contributed by atoms with Crippen LogP contribution in [0, 0.1) is 6.92 Å². The van der Waals surface area contributed by atoms with Crippen molar-refractivity contribution in [3.63, 3.8) is 0 Å². The van der Waals surface area contributed by atoms with E-state index in [1.807, 2.05) is 13.0 Å². The average Bonchev–Trinajstić information content (AvgIpc) is 2.69. The number of nitrogens with zero attached hydrogens (tertiary/aromatic N) is 2. The van der Waals surface area contributed by atoms with Crippen molar-refractivity contribution in [1.29, 1.82) is 0 Å². The van der Waals surface area contributed by atoms with Crippen LogP contribution in [0.15, 0.2) is 31.5 Å². The normalized spacial score (nSPS) is 10.6. The van der Waals surface area contributed by atoms with Crippen molar-refractivity contribution in [2.45, 2.75) is 22.7 Å². The van der Waals surface area contributed by atoms with Gasteiger partial charge in [0.05, 0.1) is 16.6 Å². The fourth-order valence-corrected chi connectivity index (χ4v) is 3.66. The highest BCUT2D eigenvalue weighted by Gasteiger charge is 2.10. The zero-order valence-corrected chi connectivity index (χ0v) is 12.6. The largest absolute Gasteiger partial charge is 0.481 e. The van der Waals surface area contributed by atoms with E-state index in [4.69, 9.17) is 5.11 Å². The standard InChI is InChI=1S/C11H9BrN2O2S2/c1-6-2-8(12)10(13-4-6)18-11-14-7(5-17-11)3-9(15)16/h2,4-5H,3H2,1H3,(H,15,16). The van der Waals surface area contributed by atoms with Gasteiger partial charge < -0.3 is 5.11 Å². The maximum Gasteiger partial charge on any atom is 0.309 e. The Morgan fingerprint density at radius 2 is 2.39 bits per heavy atom. The van der Waals surface area contributed by atoms with Gasteiger partial charge in [-0.05, 0) is 46.2 Å². The molecule has 1 N–H and O–H groups in total. The number of carboxylic acid groups (broad SMARTS) is 1. The van der Waals surface area contributed by atoms with Crippen LogP contribution in [0.25, 0.3) is 0 Å². The van der Waals surface area contributed by atoms with Gasteiger partial charge in [-0.1, -0.05) is 0 Å². The lowest BCUT2D eigenvalue weighted by molar-refractivity contribution is -0.136. The van der Waals surface area contributed by atoms with Crippen LogP contribution in [0.5, 0.6) is 0 Å². The third-order valence-corrected chi connectivity index (χ3v) is 4.86. The summed E-state index contributed by atoms with van der Waals surface area (Å²) in [6.07, 6.45) is 1.75. The van der Waals surface area contributed by atoms with E-state index in [-0.39, 0.29) is 6.42 Å². The lowest BCUT2D eigenvalue weighted by atomic mass is 10.3. The van der Waals surface area contributed by atoms with Crippen LogP contribution in [-0.2, 0) is 11.2 Å². The molecule has 0 aliphatic rings. The molecule has 0 unspecified atom stereocenters. The van der Waals surface area contributed by atoms with Crippen LogP contribution in [0.3, 0.4) is 0 Å². The molecule has 0 bridgehead atoms. The number of aromatic nitrogens is 2. The van der Waals surface area contributed by atoms with E-state index < -0.39 is 5.97 Å². The van der Waals surface area contributed by atoms with Gasteiger partial charge in [0.1, 0.15) is 5.03 Å². The van der Waals surface area contributed by atoms with Crippen molar-refractivity contribution in [3.8, 4) is 0 Å². The van der Waals surface area contributed by atoms with E-state index in [2.05, 4.69) is 25.9 Å². The minimum absolute atomic E-state index is 0.0421. The van der Waals surface area contributed by atoms with Crippen LogP contribution in [0.1, 0.15) is 11.3 Å². The summed E-state index contributed by atoms with van der Waals surface area (Å²) < 4.78 is 1.71. The van der Waals surface area contributed by atoms with Crippen LogP contribution in [0.2, 0.25) is 0 Å². The lowest BCUT2D eigenvalue weighted by Gasteiger charge is -2.01. The summed E-state index contributed by atoms with van der Waals surface area (Å²) in [7, 11) is 0. The van der Waals surface area contributed by atoms with Crippen molar-refractivity contribution in [3.05, 3.63) is 33.4 Å². The van der Waals surface area contributed by atoms with E-state index in [1.165, 1.54) is 23.1 Å². The molecule has 4 nitrogen and oxygen atoms in total. The Labute approximate surface area is 121 Å². The second-order valence-corrected chi connectivity index (χ2v) is 6.53. The molecule has 2 aromatic heterocycles. The second kappa shape index (κ2) is 5.81. The summed E-state index contributed by atoms with van der Waals surface area (Å²) in [5.74, 6) is -0.869. The van der Waals surface area contributed by atoms with E-state index >= 15 is 0 Å². The maximum atomic E-state index is 10.6. The molecule has 94 valence electrons. The van der Waals surface area contributed by atoms with Crippen molar-refractivity contribution in [2.75, 3.05) is 0 Å². The number of halogens is 1. The highest BCUT2D eigenvalue weighted by molar-refractivity contribution is 9.10. The molecule has 2 aromatic rings. The van der Waals surface area contributed by atoms with Gasteiger partial charge in [-0.25, -0.2) is 9.97 Å². The first-order valence-electron chi connectivity index (χ1n) is 5.01. The quantitative estimate of drug-likeness (QED) is 0.920. The number of hydrogen-bond acceptors (Lipinski definition) is 5. The van der Waals surface area contributed by atoms with Crippen molar-refractivity contribution in [1.82, 2.24) is 9.97 Å². The van der Waals surface area contributed by atoms with E-state index in [9.17, 15) is 4.79 Å². The van der Waals surface area contributed by atoms with Crippen LogP contribution in [-0.4, -0.2) is 21.0 Å². The summed E-state index contributed by atoms with van der Waals surface area (Å²) in [6, 6.07) is 1.99. The molecule has 2 rings (SSSR count). The smallest absolute Gasteiger partial charge is 0.309 e. The summed E-state index contributed by atoms with van der Waals surface area (Å²) in [4.78, 5) is 19.1. The molecule has 0 aliphatic heterocycles. The SMILES string of the molecule is Cc1cnc(Sc2nc(CC(=O)O)cs2)c(Br)c1. The van der Waals surface area contributed by atoms with Gasteiger partial charge in [-0.15, -0.1) is 11.3 Å². The third kappa shape index (κ3) is 3.54.